The second-order valence-corrected chi connectivity index (χ2v) is 5.29. The van der Waals surface area contributed by atoms with E-state index in [1.807, 2.05) is 56.3 Å². The van der Waals surface area contributed by atoms with Gasteiger partial charge in [0.25, 0.3) is 0 Å². The molecule has 0 aliphatic carbocycles. The van der Waals surface area contributed by atoms with E-state index in [1.54, 1.807) is 0 Å². The Balaban J connectivity index is 2.60. The topological polar surface area (TPSA) is 55.4 Å². The number of hydrogen-bond donors (Lipinski definition) is 1. The molecule has 1 aromatic carbocycles. The van der Waals surface area contributed by atoms with E-state index in [0.29, 0.717) is 12.8 Å². The van der Waals surface area contributed by atoms with Crippen molar-refractivity contribution in [2.24, 2.45) is 5.92 Å². The molecule has 0 aliphatic rings. The van der Waals surface area contributed by atoms with Gasteiger partial charge in [-0.2, -0.15) is 0 Å². The maximum Gasteiger partial charge on any atom is 0.328 e. The highest BCUT2D eigenvalue weighted by Gasteiger charge is 2.20. The number of nitrogens with one attached hydrogen (secondary N) is 1. The van der Waals surface area contributed by atoms with Gasteiger partial charge in [0.1, 0.15) is 6.04 Å². The number of ether oxygens (including phenoxy) is 1. The summed E-state index contributed by atoms with van der Waals surface area (Å²) in [6, 6.07) is 9.15. The second-order valence-electron chi connectivity index (χ2n) is 5.29. The van der Waals surface area contributed by atoms with Crippen LogP contribution in [0.4, 0.5) is 0 Å². The summed E-state index contributed by atoms with van der Waals surface area (Å²) >= 11 is 0. The number of carbonyl (C=O) groups excluding carboxylic acids is 2. The molecular formula is C17H23NO3. The minimum Gasteiger partial charge on any atom is -0.467 e. The highest BCUT2D eigenvalue weighted by Crippen LogP contribution is 2.06. The highest BCUT2D eigenvalue weighted by molar-refractivity contribution is 5.84. The monoisotopic (exact) mass is 289 g/mol. The number of esters is 1. The van der Waals surface area contributed by atoms with Crippen LogP contribution in [0.2, 0.25) is 0 Å². The maximum atomic E-state index is 11.8. The van der Waals surface area contributed by atoms with Crippen molar-refractivity contribution in [1.29, 1.82) is 0 Å². The third-order valence-corrected chi connectivity index (χ3v) is 2.90. The third kappa shape index (κ3) is 6.75. The lowest BCUT2D eigenvalue weighted by atomic mass is 10.1. The first-order chi connectivity index (χ1) is 10.0. The Hall–Kier alpha value is -2.10. The molecule has 0 radical (unpaired) electrons. The fraction of sp³-hybridized carbons (Fsp3) is 0.412. The van der Waals surface area contributed by atoms with E-state index in [0.717, 1.165) is 5.56 Å². The standard InChI is InChI=1S/C17H23NO3/c1-13(2)12-16(19)18-15(17(20)21-3)11-7-10-14-8-5-4-6-9-14/h4-10,13,15H,11-12H2,1-3H3,(H,18,19)/b10-7+/t15-/m1/s1. The van der Waals surface area contributed by atoms with E-state index in [2.05, 4.69) is 5.32 Å². The van der Waals surface area contributed by atoms with E-state index in [4.69, 9.17) is 4.74 Å². The van der Waals surface area contributed by atoms with Crippen molar-refractivity contribution in [2.45, 2.75) is 32.7 Å². The summed E-state index contributed by atoms with van der Waals surface area (Å²) in [5.41, 5.74) is 1.05. The van der Waals surface area contributed by atoms with Gasteiger partial charge in [-0.25, -0.2) is 4.79 Å². The summed E-state index contributed by atoms with van der Waals surface area (Å²) in [5, 5.41) is 2.72. The Labute approximate surface area is 126 Å². The molecule has 1 amide bonds. The molecule has 0 saturated heterocycles. The fourth-order valence-corrected chi connectivity index (χ4v) is 1.88. The Morgan fingerprint density at radius 3 is 2.48 bits per heavy atom. The summed E-state index contributed by atoms with van der Waals surface area (Å²) in [6.45, 7) is 3.92. The zero-order valence-corrected chi connectivity index (χ0v) is 12.8. The average Bonchev–Trinajstić information content (AvgIpc) is 2.45. The smallest absolute Gasteiger partial charge is 0.328 e. The Morgan fingerprint density at radius 1 is 1.24 bits per heavy atom. The lowest BCUT2D eigenvalue weighted by Gasteiger charge is -2.15. The van der Waals surface area contributed by atoms with Crippen LogP contribution in [0, 0.1) is 5.92 Å². The predicted octanol–water partition coefficient (Wildman–Crippen LogP) is 2.79. The second kappa shape index (κ2) is 8.95. The quantitative estimate of drug-likeness (QED) is 0.785. The predicted molar refractivity (Wildman–Crippen MR) is 83.5 cm³/mol. The van der Waals surface area contributed by atoms with Crippen LogP contribution in [0.5, 0.6) is 0 Å². The number of benzene rings is 1. The van der Waals surface area contributed by atoms with Gasteiger partial charge in [-0.05, 0) is 17.9 Å². The van der Waals surface area contributed by atoms with Crippen molar-refractivity contribution in [1.82, 2.24) is 5.32 Å². The largest absolute Gasteiger partial charge is 0.467 e. The van der Waals surface area contributed by atoms with E-state index < -0.39 is 12.0 Å². The molecule has 0 fully saturated rings. The molecule has 0 unspecified atom stereocenters. The van der Waals surface area contributed by atoms with Crippen molar-refractivity contribution in [2.75, 3.05) is 7.11 Å². The van der Waals surface area contributed by atoms with Crippen molar-refractivity contribution in [3.05, 3.63) is 42.0 Å². The zero-order chi connectivity index (χ0) is 15.7. The average molecular weight is 289 g/mol. The molecule has 21 heavy (non-hydrogen) atoms. The van der Waals surface area contributed by atoms with Gasteiger partial charge in [0.15, 0.2) is 0 Å². The van der Waals surface area contributed by atoms with Crippen LogP contribution in [0.1, 0.15) is 32.3 Å². The van der Waals surface area contributed by atoms with Gasteiger partial charge in [0, 0.05) is 6.42 Å². The minimum absolute atomic E-state index is 0.131. The third-order valence-electron chi connectivity index (χ3n) is 2.90. The Kier molecular flexibility index (Phi) is 7.23. The van der Waals surface area contributed by atoms with Crippen LogP contribution in [-0.4, -0.2) is 25.0 Å². The molecule has 0 spiro atoms. The van der Waals surface area contributed by atoms with E-state index >= 15 is 0 Å². The van der Waals surface area contributed by atoms with Crippen LogP contribution >= 0.6 is 0 Å². The van der Waals surface area contributed by atoms with Gasteiger partial charge in [-0.15, -0.1) is 0 Å². The molecule has 1 aromatic rings. The molecule has 114 valence electrons. The van der Waals surface area contributed by atoms with Crippen LogP contribution in [0.3, 0.4) is 0 Å². The number of amides is 1. The van der Waals surface area contributed by atoms with Crippen molar-refractivity contribution in [3.63, 3.8) is 0 Å². The first-order valence-corrected chi connectivity index (χ1v) is 7.11. The summed E-state index contributed by atoms with van der Waals surface area (Å²) in [5.74, 6) is -0.304. The summed E-state index contributed by atoms with van der Waals surface area (Å²) < 4.78 is 4.73. The van der Waals surface area contributed by atoms with E-state index in [1.165, 1.54) is 7.11 Å². The Morgan fingerprint density at radius 2 is 1.90 bits per heavy atom. The van der Waals surface area contributed by atoms with Crippen molar-refractivity contribution in [3.8, 4) is 0 Å². The first kappa shape index (κ1) is 17.0. The van der Waals surface area contributed by atoms with Gasteiger partial charge in [-0.1, -0.05) is 56.3 Å². The van der Waals surface area contributed by atoms with Gasteiger partial charge >= 0.3 is 5.97 Å². The Bertz CT molecular complexity index is 480. The maximum absolute atomic E-state index is 11.8. The molecule has 1 rings (SSSR count). The molecule has 1 N–H and O–H groups in total. The zero-order valence-electron chi connectivity index (χ0n) is 12.8. The molecule has 0 bridgehead atoms. The molecule has 0 saturated carbocycles. The summed E-state index contributed by atoms with van der Waals surface area (Å²) in [4.78, 5) is 23.5. The summed E-state index contributed by atoms with van der Waals surface area (Å²) in [6.07, 6.45) is 4.60. The molecule has 0 heterocycles. The van der Waals surface area contributed by atoms with Crippen molar-refractivity contribution >= 4 is 18.0 Å². The number of methoxy groups -OCH3 is 1. The SMILES string of the molecule is COC(=O)[C@@H](C/C=C/c1ccccc1)NC(=O)CC(C)C. The van der Waals surface area contributed by atoms with Crippen LogP contribution in [0.25, 0.3) is 6.08 Å². The number of carbonyl (C=O) groups is 2. The minimum atomic E-state index is -0.638. The normalized spacial score (nSPS) is 12.4. The van der Waals surface area contributed by atoms with Crippen LogP contribution in [-0.2, 0) is 14.3 Å². The molecular weight excluding hydrogens is 266 g/mol. The van der Waals surface area contributed by atoms with Crippen LogP contribution < -0.4 is 5.32 Å². The fourth-order valence-electron chi connectivity index (χ4n) is 1.88. The first-order valence-electron chi connectivity index (χ1n) is 7.11. The highest BCUT2D eigenvalue weighted by atomic mass is 16.5. The molecule has 4 nitrogen and oxygen atoms in total. The molecule has 0 aromatic heterocycles. The molecule has 0 aliphatic heterocycles. The van der Waals surface area contributed by atoms with Gasteiger partial charge < -0.3 is 10.1 Å². The van der Waals surface area contributed by atoms with Crippen LogP contribution in [0.15, 0.2) is 36.4 Å². The lowest BCUT2D eigenvalue weighted by molar-refractivity contribution is -0.145. The molecule has 1 atom stereocenters. The van der Waals surface area contributed by atoms with Crippen molar-refractivity contribution < 1.29 is 14.3 Å². The number of hydrogen-bond acceptors (Lipinski definition) is 3. The van der Waals surface area contributed by atoms with Gasteiger partial charge in [-0.3, -0.25) is 4.79 Å². The molecule has 4 heteroatoms. The van der Waals surface area contributed by atoms with Gasteiger partial charge in [0.05, 0.1) is 7.11 Å². The summed E-state index contributed by atoms with van der Waals surface area (Å²) in [7, 11) is 1.32. The van der Waals surface area contributed by atoms with Gasteiger partial charge in [0.2, 0.25) is 5.91 Å². The number of rotatable bonds is 7. The lowest BCUT2D eigenvalue weighted by Crippen LogP contribution is -2.41. The van der Waals surface area contributed by atoms with E-state index in [9.17, 15) is 9.59 Å². The van der Waals surface area contributed by atoms with E-state index in [-0.39, 0.29) is 11.8 Å².